The van der Waals surface area contributed by atoms with Crippen molar-refractivity contribution in [2.45, 2.75) is 25.7 Å². The van der Waals surface area contributed by atoms with E-state index in [9.17, 15) is 14.4 Å². The number of carbonyl (C=O) groups is 3. The van der Waals surface area contributed by atoms with Gasteiger partial charge in [-0.3, -0.25) is 14.4 Å². The molecule has 29 heavy (non-hydrogen) atoms. The zero-order valence-corrected chi connectivity index (χ0v) is 17.0. The molecule has 3 rings (SSSR count). The second-order valence-corrected chi connectivity index (χ2v) is 7.61. The molecule has 0 spiro atoms. The van der Waals surface area contributed by atoms with Crippen LogP contribution in [0, 0.1) is 0 Å². The van der Waals surface area contributed by atoms with Gasteiger partial charge >= 0.3 is 5.97 Å². The minimum atomic E-state index is -0.565. The Bertz CT molecular complexity index is 953. The summed E-state index contributed by atoms with van der Waals surface area (Å²) in [5.74, 6) is -0.591. The monoisotopic (exact) mass is 418 g/mol. The van der Waals surface area contributed by atoms with E-state index in [0.29, 0.717) is 27.6 Å². The van der Waals surface area contributed by atoms with E-state index >= 15 is 0 Å². The van der Waals surface area contributed by atoms with Gasteiger partial charge in [-0.1, -0.05) is 6.07 Å². The molecule has 0 saturated heterocycles. The van der Waals surface area contributed by atoms with Crippen LogP contribution < -0.4 is 20.5 Å². The standard InChI is InChI=1S/C20H22N2O6S/c1-26-13-7-6-11(8-14(13)27-2)9-17(24)28-10-16(23)22-20-18(19(21)25)12-4-3-5-15(12)29-20/h6-8H,3-5,9-10H2,1-2H3,(H2,21,25)(H,22,23). The Kier molecular flexibility index (Phi) is 6.38. The number of primary amides is 1. The number of hydrogen-bond acceptors (Lipinski definition) is 7. The fraction of sp³-hybridized carbons (Fsp3) is 0.350. The lowest BCUT2D eigenvalue weighted by Crippen LogP contribution is -2.23. The van der Waals surface area contributed by atoms with Crippen LogP contribution in [0.25, 0.3) is 0 Å². The zero-order valence-electron chi connectivity index (χ0n) is 16.2. The molecule has 2 amide bonds. The molecule has 0 radical (unpaired) electrons. The van der Waals surface area contributed by atoms with E-state index in [1.54, 1.807) is 18.2 Å². The Hall–Kier alpha value is -3.07. The van der Waals surface area contributed by atoms with Crippen molar-refractivity contribution in [3.05, 3.63) is 39.8 Å². The first kappa shape index (κ1) is 20.7. The quantitative estimate of drug-likeness (QED) is 0.634. The maximum atomic E-state index is 12.2. The molecule has 1 aromatic heterocycles. The highest BCUT2D eigenvalue weighted by Crippen LogP contribution is 2.38. The Morgan fingerprint density at radius 3 is 2.59 bits per heavy atom. The first-order valence-corrected chi connectivity index (χ1v) is 9.85. The van der Waals surface area contributed by atoms with Gasteiger partial charge in [0.25, 0.3) is 11.8 Å². The van der Waals surface area contributed by atoms with Crippen LogP contribution in [0.1, 0.15) is 32.8 Å². The van der Waals surface area contributed by atoms with Crippen molar-refractivity contribution in [1.29, 1.82) is 0 Å². The fourth-order valence-electron chi connectivity index (χ4n) is 3.27. The summed E-state index contributed by atoms with van der Waals surface area (Å²) >= 11 is 1.35. The van der Waals surface area contributed by atoms with Gasteiger partial charge in [-0.05, 0) is 42.5 Å². The summed E-state index contributed by atoms with van der Waals surface area (Å²) in [7, 11) is 3.03. The second kappa shape index (κ2) is 8.95. The summed E-state index contributed by atoms with van der Waals surface area (Å²) < 4.78 is 15.4. The highest BCUT2D eigenvalue weighted by atomic mass is 32.1. The molecule has 0 atom stereocenters. The molecule has 9 heteroatoms. The van der Waals surface area contributed by atoms with Gasteiger partial charge in [0.2, 0.25) is 0 Å². The lowest BCUT2D eigenvalue weighted by Gasteiger charge is -2.10. The number of esters is 1. The van der Waals surface area contributed by atoms with Crippen molar-refractivity contribution < 1.29 is 28.6 Å². The largest absolute Gasteiger partial charge is 0.493 e. The van der Waals surface area contributed by atoms with E-state index in [1.165, 1.54) is 25.6 Å². The minimum absolute atomic E-state index is 0.0204. The van der Waals surface area contributed by atoms with Gasteiger partial charge < -0.3 is 25.3 Å². The van der Waals surface area contributed by atoms with Crippen LogP contribution in [0.4, 0.5) is 5.00 Å². The predicted molar refractivity (Wildman–Crippen MR) is 108 cm³/mol. The molecule has 0 bridgehead atoms. The molecule has 1 aliphatic rings. The summed E-state index contributed by atoms with van der Waals surface area (Å²) in [5.41, 5.74) is 7.43. The van der Waals surface area contributed by atoms with Crippen molar-refractivity contribution in [3.8, 4) is 11.5 Å². The Morgan fingerprint density at radius 2 is 1.90 bits per heavy atom. The SMILES string of the molecule is COc1ccc(CC(=O)OCC(=O)Nc2sc3c(c2C(N)=O)CCC3)cc1OC. The van der Waals surface area contributed by atoms with E-state index < -0.39 is 24.4 Å². The molecular formula is C20H22N2O6S. The molecule has 8 nitrogen and oxygen atoms in total. The highest BCUT2D eigenvalue weighted by molar-refractivity contribution is 7.17. The van der Waals surface area contributed by atoms with Crippen molar-refractivity contribution >= 4 is 34.1 Å². The second-order valence-electron chi connectivity index (χ2n) is 6.50. The Labute approximate surface area is 171 Å². The molecule has 1 heterocycles. The summed E-state index contributed by atoms with van der Waals surface area (Å²) in [5, 5.41) is 3.06. The number of hydrogen-bond donors (Lipinski definition) is 2. The third-order valence-electron chi connectivity index (χ3n) is 4.58. The average Bonchev–Trinajstić information content (AvgIpc) is 3.26. The lowest BCUT2D eigenvalue weighted by molar-refractivity contribution is -0.146. The molecule has 3 N–H and O–H groups in total. The smallest absolute Gasteiger partial charge is 0.310 e. The van der Waals surface area contributed by atoms with Gasteiger partial charge in [-0.15, -0.1) is 11.3 Å². The molecule has 0 aliphatic heterocycles. The lowest BCUT2D eigenvalue weighted by atomic mass is 10.1. The normalized spacial score (nSPS) is 12.2. The van der Waals surface area contributed by atoms with Gasteiger partial charge in [0.05, 0.1) is 26.2 Å². The highest BCUT2D eigenvalue weighted by Gasteiger charge is 2.26. The van der Waals surface area contributed by atoms with Crippen LogP contribution in [0.3, 0.4) is 0 Å². The molecular weight excluding hydrogens is 396 g/mol. The van der Waals surface area contributed by atoms with Gasteiger partial charge in [-0.2, -0.15) is 0 Å². The summed E-state index contributed by atoms with van der Waals surface area (Å²) in [6.07, 6.45) is 2.60. The van der Waals surface area contributed by atoms with E-state index in [2.05, 4.69) is 5.32 Å². The number of amides is 2. The number of fused-ring (bicyclic) bond motifs is 1. The zero-order chi connectivity index (χ0) is 21.0. The minimum Gasteiger partial charge on any atom is -0.493 e. The van der Waals surface area contributed by atoms with Gasteiger partial charge in [-0.25, -0.2) is 0 Å². The van der Waals surface area contributed by atoms with Crippen LogP contribution >= 0.6 is 11.3 Å². The number of thiophene rings is 1. The third-order valence-corrected chi connectivity index (χ3v) is 5.79. The van der Waals surface area contributed by atoms with E-state index in [0.717, 1.165) is 29.7 Å². The molecule has 0 saturated carbocycles. The maximum Gasteiger partial charge on any atom is 0.310 e. The number of benzene rings is 1. The Balaban J connectivity index is 1.56. The summed E-state index contributed by atoms with van der Waals surface area (Å²) in [6, 6.07) is 5.08. The molecule has 2 aromatic rings. The first-order chi connectivity index (χ1) is 13.9. The fourth-order valence-corrected chi connectivity index (χ4v) is 4.58. The topological polar surface area (TPSA) is 117 Å². The molecule has 154 valence electrons. The first-order valence-electron chi connectivity index (χ1n) is 9.03. The van der Waals surface area contributed by atoms with Crippen LogP contribution in [0.2, 0.25) is 0 Å². The summed E-state index contributed by atoms with van der Waals surface area (Å²) in [6.45, 7) is -0.451. The number of carbonyl (C=O) groups excluding carboxylic acids is 3. The van der Waals surface area contributed by atoms with Crippen LogP contribution in [-0.2, 0) is 33.6 Å². The van der Waals surface area contributed by atoms with Gasteiger partial charge in [0.15, 0.2) is 18.1 Å². The van der Waals surface area contributed by atoms with Crippen LogP contribution in [-0.4, -0.2) is 38.6 Å². The molecule has 0 fully saturated rings. The molecule has 1 aromatic carbocycles. The number of nitrogens with two attached hydrogens (primary N) is 1. The van der Waals surface area contributed by atoms with Crippen LogP contribution in [0.5, 0.6) is 11.5 Å². The summed E-state index contributed by atoms with van der Waals surface area (Å²) in [4.78, 5) is 37.1. The van der Waals surface area contributed by atoms with E-state index in [-0.39, 0.29) is 6.42 Å². The van der Waals surface area contributed by atoms with Crippen LogP contribution in [0.15, 0.2) is 18.2 Å². The number of nitrogens with one attached hydrogen (secondary N) is 1. The average molecular weight is 418 g/mol. The molecule has 1 aliphatic carbocycles. The third kappa shape index (κ3) is 4.68. The number of anilines is 1. The van der Waals surface area contributed by atoms with Crippen molar-refractivity contribution in [2.75, 3.05) is 26.1 Å². The van der Waals surface area contributed by atoms with Crippen molar-refractivity contribution in [2.24, 2.45) is 5.73 Å². The number of aryl methyl sites for hydroxylation is 1. The van der Waals surface area contributed by atoms with Gasteiger partial charge in [0.1, 0.15) is 5.00 Å². The number of methoxy groups -OCH3 is 2. The Morgan fingerprint density at radius 1 is 1.14 bits per heavy atom. The van der Waals surface area contributed by atoms with Crippen molar-refractivity contribution in [1.82, 2.24) is 0 Å². The molecule has 0 unspecified atom stereocenters. The number of rotatable bonds is 8. The van der Waals surface area contributed by atoms with Crippen molar-refractivity contribution in [3.63, 3.8) is 0 Å². The van der Waals surface area contributed by atoms with E-state index in [4.69, 9.17) is 19.9 Å². The maximum absolute atomic E-state index is 12.2. The van der Waals surface area contributed by atoms with Gasteiger partial charge in [0, 0.05) is 4.88 Å². The predicted octanol–water partition coefficient (Wildman–Crippen LogP) is 2.08. The number of ether oxygens (including phenoxy) is 3. The van der Waals surface area contributed by atoms with E-state index in [1.807, 2.05) is 0 Å².